The Hall–Kier alpha value is -3.32. The number of aromatic amines is 1. The van der Waals surface area contributed by atoms with Crippen LogP contribution < -0.4 is 11.3 Å². The molecule has 7 heteroatoms. The predicted molar refractivity (Wildman–Crippen MR) is 108 cm³/mol. The molecule has 0 bridgehead atoms. The summed E-state index contributed by atoms with van der Waals surface area (Å²) >= 11 is 0. The first-order valence-electron chi connectivity index (χ1n) is 9.49. The Morgan fingerprint density at radius 2 is 1.97 bits per heavy atom. The van der Waals surface area contributed by atoms with Crippen LogP contribution in [0.15, 0.2) is 59.4 Å². The summed E-state index contributed by atoms with van der Waals surface area (Å²) in [6.45, 7) is 1.43. The van der Waals surface area contributed by atoms with Crippen molar-refractivity contribution in [3.63, 3.8) is 0 Å². The molecule has 0 unspecified atom stereocenters. The van der Waals surface area contributed by atoms with Crippen LogP contribution in [0.25, 0.3) is 22.6 Å². The van der Waals surface area contributed by atoms with Crippen LogP contribution in [0, 0.1) is 5.82 Å². The second kappa shape index (κ2) is 7.97. The number of hydrogen-bond donors (Lipinski definition) is 2. The zero-order valence-corrected chi connectivity index (χ0v) is 15.8. The molecule has 0 aliphatic carbocycles. The van der Waals surface area contributed by atoms with Gasteiger partial charge in [0.15, 0.2) is 0 Å². The van der Waals surface area contributed by atoms with E-state index >= 15 is 0 Å². The SMILES string of the molecule is NC(=O)[C@@H]1CCCN1Cc1cccc(-c2nc(-c3ccc(F)cc3)cc(=O)[nH]2)c1. The van der Waals surface area contributed by atoms with Crippen LogP contribution in [-0.4, -0.2) is 33.4 Å². The van der Waals surface area contributed by atoms with Gasteiger partial charge in [0.2, 0.25) is 5.91 Å². The van der Waals surface area contributed by atoms with Crippen molar-refractivity contribution in [2.24, 2.45) is 5.73 Å². The standard InChI is InChI=1S/C22H21FN4O2/c23-17-8-6-15(7-9-17)18-12-20(28)26-22(25-18)16-4-1-3-14(11-16)13-27-10-2-5-19(27)21(24)29/h1,3-4,6-9,11-12,19H,2,5,10,13H2,(H2,24,29)(H,25,26,28)/t19-/m0/s1. The molecule has 2 heterocycles. The number of nitrogens with two attached hydrogens (primary N) is 1. The topological polar surface area (TPSA) is 92.1 Å². The molecular formula is C22H21FN4O2. The van der Waals surface area contributed by atoms with Gasteiger partial charge in [0.25, 0.3) is 5.56 Å². The summed E-state index contributed by atoms with van der Waals surface area (Å²) in [5.74, 6) is -0.203. The van der Waals surface area contributed by atoms with Crippen molar-refractivity contribution >= 4 is 5.91 Å². The average molecular weight is 392 g/mol. The average Bonchev–Trinajstić information content (AvgIpc) is 3.17. The van der Waals surface area contributed by atoms with Gasteiger partial charge in [-0.2, -0.15) is 0 Å². The molecule has 0 saturated carbocycles. The third-order valence-corrected chi connectivity index (χ3v) is 5.16. The molecule has 1 amide bonds. The van der Waals surface area contributed by atoms with E-state index in [1.165, 1.54) is 18.2 Å². The van der Waals surface area contributed by atoms with Gasteiger partial charge in [0.05, 0.1) is 11.7 Å². The molecule has 6 nitrogen and oxygen atoms in total. The van der Waals surface area contributed by atoms with E-state index in [9.17, 15) is 14.0 Å². The molecular weight excluding hydrogens is 371 g/mol. The molecule has 1 fully saturated rings. The van der Waals surface area contributed by atoms with E-state index in [4.69, 9.17) is 5.73 Å². The van der Waals surface area contributed by atoms with E-state index in [1.807, 2.05) is 24.3 Å². The number of benzene rings is 2. The number of hydrogen-bond acceptors (Lipinski definition) is 4. The molecule has 148 valence electrons. The second-order valence-electron chi connectivity index (χ2n) is 7.22. The van der Waals surface area contributed by atoms with Gasteiger partial charge in [-0.25, -0.2) is 9.37 Å². The maximum absolute atomic E-state index is 13.2. The number of primary amides is 1. The van der Waals surface area contributed by atoms with Crippen LogP contribution in [0.2, 0.25) is 0 Å². The quantitative estimate of drug-likeness (QED) is 0.698. The highest BCUT2D eigenvalue weighted by Gasteiger charge is 2.28. The zero-order chi connectivity index (χ0) is 20.4. The molecule has 1 aliphatic heterocycles. The Morgan fingerprint density at radius 1 is 1.17 bits per heavy atom. The molecule has 2 aromatic carbocycles. The fourth-order valence-electron chi connectivity index (χ4n) is 3.75. The Morgan fingerprint density at radius 3 is 2.72 bits per heavy atom. The maximum atomic E-state index is 13.2. The second-order valence-corrected chi connectivity index (χ2v) is 7.22. The van der Waals surface area contributed by atoms with Gasteiger partial charge in [-0.3, -0.25) is 14.5 Å². The fraction of sp³-hybridized carbons (Fsp3) is 0.227. The van der Waals surface area contributed by atoms with Crippen molar-refractivity contribution in [3.05, 3.63) is 76.3 Å². The number of nitrogens with zero attached hydrogens (tertiary/aromatic N) is 2. The summed E-state index contributed by atoms with van der Waals surface area (Å²) in [5, 5.41) is 0. The Kier molecular flexibility index (Phi) is 5.22. The van der Waals surface area contributed by atoms with E-state index in [0.717, 1.165) is 30.5 Å². The largest absolute Gasteiger partial charge is 0.368 e. The predicted octanol–water partition coefficient (Wildman–Crippen LogP) is 2.69. The van der Waals surface area contributed by atoms with E-state index in [2.05, 4.69) is 14.9 Å². The van der Waals surface area contributed by atoms with Gasteiger partial charge >= 0.3 is 0 Å². The third-order valence-electron chi connectivity index (χ3n) is 5.16. The first-order chi connectivity index (χ1) is 14.0. The van der Waals surface area contributed by atoms with E-state index < -0.39 is 0 Å². The highest BCUT2D eigenvalue weighted by Crippen LogP contribution is 2.23. The monoisotopic (exact) mass is 392 g/mol. The molecule has 1 aliphatic rings. The van der Waals surface area contributed by atoms with Gasteiger partial charge in [-0.15, -0.1) is 0 Å². The number of H-pyrrole nitrogens is 1. The number of nitrogens with one attached hydrogen (secondary N) is 1. The van der Waals surface area contributed by atoms with Crippen LogP contribution in [0.5, 0.6) is 0 Å². The third kappa shape index (κ3) is 4.25. The maximum Gasteiger partial charge on any atom is 0.251 e. The Bertz CT molecular complexity index is 1090. The first kappa shape index (κ1) is 19.0. The summed E-state index contributed by atoms with van der Waals surface area (Å²) in [7, 11) is 0. The number of likely N-dealkylation sites (tertiary alicyclic amines) is 1. The Labute approximate surface area is 167 Å². The lowest BCUT2D eigenvalue weighted by atomic mass is 10.1. The lowest BCUT2D eigenvalue weighted by molar-refractivity contribution is -0.122. The first-order valence-corrected chi connectivity index (χ1v) is 9.49. The van der Waals surface area contributed by atoms with E-state index in [1.54, 1.807) is 12.1 Å². The lowest BCUT2D eigenvalue weighted by Gasteiger charge is -2.22. The highest BCUT2D eigenvalue weighted by molar-refractivity contribution is 5.80. The highest BCUT2D eigenvalue weighted by atomic mass is 19.1. The van der Waals surface area contributed by atoms with Gasteiger partial charge in [-0.05, 0) is 55.3 Å². The van der Waals surface area contributed by atoms with Crippen molar-refractivity contribution in [1.29, 1.82) is 0 Å². The number of rotatable bonds is 5. The molecule has 1 aromatic heterocycles. The number of carbonyl (C=O) groups is 1. The molecule has 29 heavy (non-hydrogen) atoms. The molecule has 4 rings (SSSR count). The normalized spacial score (nSPS) is 16.8. The molecule has 3 N–H and O–H groups in total. The molecule has 1 atom stereocenters. The smallest absolute Gasteiger partial charge is 0.251 e. The van der Waals surface area contributed by atoms with Crippen LogP contribution in [0.1, 0.15) is 18.4 Å². The van der Waals surface area contributed by atoms with Gasteiger partial charge < -0.3 is 10.7 Å². The minimum absolute atomic E-state index is 0.238. The van der Waals surface area contributed by atoms with Gasteiger partial charge in [-0.1, -0.05) is 18.2 Å². The van der Waals surface area contributed by atoms with Gasteiger partial charge in [0, 0.05) is 23.7 Å². The van der Waals surface area contributed by atoms with E-state index in [0.29, 0.717) is 23.6 Å². The Balaban J connectivity index is 1.64. The van der Waals surface area contributed by atoms with Gasteiger partial charge in [0.1, 0.15) is 11.6 Å². The number of halogens is 1. The van der Waals surface area contributed by atoms with Crippen LogP contribution in [0.3, 0.4) is 0 Å². The minimum atomic E-state index is -0.345. The van der Waals surface area contributed by atoms with Crippen molar-refractivity contribution in [1.82, 2.24) is 14.9 Å². The number of amides is 1. The lowest BCUT2D eigenvalue weighted by Crippen LogP contribution is -2.39. The summed E-state index contributed by atoms with van der Waals surface area (Å²) in [4.78, 5) is 33.2. The van der Waals surface area contributed by atoms with Crippen molar-refractivity contribution in [3.8, 4) is 22.6 Å². The molecule has 0 spiro atoms. The van der Waals surface area contributed by atoms with Crippen molar-refractivity contribution in [2.45, 2.75) is 25.4 Å². The summed E-state index contributed by atoms with van der Waals surface area (Å²) < 4.78 is 13.2. The van der Waals surface area contributed by atoms with Crippen LogP contribution in [0.4, 0.5) is 4.39 Å². The minimum Gasteiger partial charge on any atom is -0.368 e. The summed E-state index contributed by atoms with van der Waals surface area (Å²) in [6, 6.07) is 14.7. The fourth-order valence-corrected chi connectivity index (χ4v) is 3.75. The van der Waals surface area contributed by atoms with Crippen molar-refractivity contribution < 1.29 is 9.18 Å². The molecule has 1 saturated heterocycles. The van der Waals surface area contributed by atoms with Crippen LogP contribution in [-0.2, 0) is 11.3 Å². The zero-order valence-electron chi connectivity index (χ0n) is 15.8. The van der Waals surface area contributed by atoms with E-state index in [-0.39, 0.29) is 23.3 Å². The van der Waals surface area contributed by atoms with Crippen LogP contribution >= 0.6 is 0 Å². The van der Waals surface area contributed by atoms with Crippen molar-refractivity contribution in [2.75, 3.05) is 6.54 Å². The number of carbonyl (C=O) groups excluding carboxylic acids is 1. The molecule has 3 aromatic rings. The molecule has 0 radical (unpaired) electrons. The summed E-state index contributed by atoms with van der Waals surface area (Å²) in [5.41, 5.74) is 8.13. The number of aromatic nitrogens is 2. The summed E-state index contributed by atoms with van der Waals surface area (Å²) in [6.07, 6.45) is 1.73.